The van der Waals surface area contributed by atoms with Crippen LogP contribution in [0.4, 0.5) is 13.2 Å². The Kier molecular flexibility index (Phi) is 4.55. The first-order valence-electron chi connectivity index (χ1n) is 8.53. The molecular weight excluding hydrogens is 385 g/mol. The highest BCUT2D eigenvalue weighted by Gasteiger charge is 2.30. The van der Waals surface area contributed by atoms with E-state index >= 15 is 0 Å². The lowest BCUT2D eigenvalue weighted by molar-refractivity contribution is -0.137. The molecule has 0 spiro atoms. The summed E-state index contributed by atoms with van der Waals surface area (Å²) in [5.74, 6) is 0. The molecule has 0 fully saturated rings. The summed E-state index contributed by atoms with van der Waals surface area (Å²) in [7, 11) is 0. The topological polar surface area (TPSA) is 34.9 Å². The molecule has 0 aliphatic carbocycles. The van der Waals surface area contributed by atoms with Gasteiger partial charge in [-0.3, -0.25) is 9.36 Å². The lowest BCUT2D eigenvalue weighted by atomic mass is 10.1. The first kappa shape index (κ1) is 18.4. The van der Waals surface area contributed by atoms with Crippen molar-refractivity contribution in [2.75, 3.05) is 0 Å². The summed E-state index contributed by atoms with van der Waals surface area (Å²) in [6, 6.07) is 12.9. The highest BCUT2D eigenvalue weighted by Crippen LogP contribution is 2.31. The fraction of sp³-hybridized carbons (Fsp3) is 0.143. The third-order valence-electron chi connectivity index (χ3n) is 4.52. The number of nitrogens with zero attached hydrogens (tertiary/aromatic N) is 2. The van der Waals surface area contributed by atoms with Gasteiger partial charge < -0.3 is 0 Å². The molecule has 0 atom stereocenters. The van der Waals surface area contributed by atoms with Gasteiger partial charge >= 0.3 is 6.18 Å². The fourth-order valence-corrected chi connectivity index (χ4v) is 4.01. The third-order valence-corrected chi connectivity index (χ3v) is 5.47. The predicted molar refractivity (Wildman–Crippen MR) is 105 cm³/mol. The summed E-state index contributed by atoms with van der Waals surface area (Å²) in [6.45, 7) is 2.03. The van der Waals surface area contributed by atoms with Gasteiger partial charge in [-0.15, -0.1) is 11.3 Å². The lowest BCUT2D eigenvalue weighted by Crippen LogP contribution is -2.20. The number of hydrogen-bond acceptors (Lipinski definition) is 3. The molecule has 7 heteroatoms. The molecule has 0 N–H and O–H groups in total. The van der Waals surface area contributed by atoms with Crippen LogP contribution in [0.25, 0.3) is 21.3 Å². The van der Waals surface area contributed by atoms with Crippen molar-refractivity contribution in [3.05, 3.63) is 87.3 Å². The molecule has 2 aromatic heterocycles. The molecule has 3 nitrogen and oxygen atoms in total. The number of alkyl halides is 3. The van der Waals surface area contributed by atoms with E-state index < -0.39 is 11.7 Å². The van der Waals surface area contributed by atoms with Crippen LogP contribution in [0.2, 0.25) is 0 Å². The summed E-state index contributed by atoms with van der Waals surface area (Å²) in [5, 5.41) is 1.89. The van der Waals surface area contributed by atoms with Crippen molar-refractivity contribution in [1.82, 2.24) is 9.55 Å². The zero-order chi connectivity index (χ0) is 19.9. The van der Waals surface area contributed by atoms with E-state index in [9.17, 15) is 18.0 Å². The van der Waals surface area contributed by atoms with E-state index in [0.717, 1.165) is 28.8 Å². The van der Waals surface area contributed by atoms with E-state index in [-0.39, 0.29) is 12.1 Å². The Hall–Kier alpha value is -2.93. The van der Waals surface area contributed by atoms with Crippen LogP contribution in [0.3, 0.4) is 0 Å². The maximum atomic E-state index is 12.9. The van der Waals surface area contributed by atoms with E-state index in [4.69, 9.17) is 0 Å². The second kappa shape index (κ2) is 6.91. The summed E-state index contributed by atoms with van der Waals surface area (Å²) >= 11 is 1.30. The molecule has 0 bridgehead atoms. The SMILES string of the molecule is Cc1ccc(-c2csc3c(=O)n(Cc4cccc(C(F)(F)F)c4)cnc23)cc1. The van der Waals surface area contributed by atoms with Gasteiger partial charge in [-0.2, -0.15) is 13.2 Å². The minimum absolute atomic E-state index is 0.0312. The molecule has 4 aromatic rings. The molecule has 142 valence electrons. The van der Waals surface area contributed by atoms with Gasteiger partial charge in [0.2, 0.25) is 0 Å². The van der Waals surface area contributed by atoms with Gasteiger partial charge in [0.1, 0.15) is 4.70 Å². The first-order valence-corrected chi connectivity index (χ1v) is 9.41. The molecule has 2 heterocycles. The standard InChI is InChI=1S/C21H15F3N2OS/c1-13-5-7-15(8-6-13)17-11-28-19-18(17)25-12-26(20(19)27)10-14-3-2-4-16(9-14)21(22,23)24/h2-9,11-12H,10H2,1H3. The minimum atomic E-state index is -4.42. The number of rotatable bonds is 3. The molecule has 2 aromatic carbocycles. The van der Waals surface area contributed by atoms with Crippen molar-refractivity contribution in [3.8, 4) is 11.1 Å². The summed E-state index contributed by atoms with van der Waals surface area (Å²) in [6.07, 6.45) is -3.02. The summed E-state index contributed by atoms with van der Waals surface area (Å²) < 4.78 is 40.5. The highest BCUT2D eigenvalue weighted by molar-refractivity contribution is 7.17. The predicted octanol–water partition coefficient (Wildman–Crippen LogP) is 5.50. The molecule has 0 radical (unpaired) electrons. The molecule has 28 heavy (non-hydrogen) atoms. The van der Waals surface area contributed by atoms with Crippen LogP contribution in [0.15, 0.2) is 65.0 Å². The lowest BCUT2D eigenvalue weighted by Gasteiger charge is -2.10. The molecule has 0 amide bonds. The summed E-state index contributed by atoms with van der Waals surface area (Å²) in [4.78, 5) is 17.2. The number of aryl methyl sites for hydroxylation is 1. The van der Waals surface area contributed by atoms with Crippen molar-refractivity contribution < 1.29 is 13.2 Å². The average molecular weight is 400 g/mol. The molecule has 0 aliphatic rings. The van der Waals surface area contributed by atoms with Gasteiger partial charge in [-0.1, -0.05) is 42.0 Å². The molecule has 0 saturated heterocycles. The Morgan fingerprint density at radius 1 is 1.11 bits per heavy atom. The van der Waals surface area contributed by atoms with Crippen molar-refractivity contribution in [1.29, 1.82) is 0 Å². The zero-order valence-corrected chi connectivity index (χ0v) is 15.6. The highest BCUT2D eigenvalue weighted by atomic mass is 32.1. The van der Waals surface area contributed by atoms with Crippen LogP contribution in [0.5, 0.6) is 0 Å². The van der Waals surface area contributed by atoms with E-state index in [0.29, 0.717) is 15.8 Å². The molecule has 0 saturated carbocycles. The van der Waals surface area contributed by atoms with Gasteiger partial charge in [0, 0.05) is 10.9 Å². The van der Waals surface area contributed by atoms with Gasteiger partial charge in [0.25, 0.3) is 5.56 Å². The van der Waals surface area contributed by atoms with E-state index in [1.807, 2.05) is 36.6 Å². The Labute approximate surface area is 162 Å². The van der Waals surface area contributed by atoms with Crippen LogP contribution < -0.4 is 5.56 Å². The smallest absolute Gasteiger partial charge is 0.294 e. The Bertz CT molecular complexity index is 1210. The van der Waals surface area contributed by atoms with Gasteiger partial charge in [-0.05, 0) is 30.2 Å². The van der Waals surface area contributed by atoms with Crippen LogP contribution in [0, 0.1) is 6.92 Å². The number of thiophene rings is 1. The second-order valence-electron chi connectivity index (χ2n) is 6.57. The largest absolute Gasteiger partial charge is 0.416 e. The monoisotopic (exact) mass is 400 g/mol. The maximum Gasteiger partial charge on any atom is 0.416 e. The quantitative estimate of drug-likeness (QED) is 0.455. The van der Waals surface area contributed by atoms with E-state index in [2.05, 4.69) is 4.98 Å². The molecule has 0 unspecified atom stereocenters. The van der Waals surface area contributed by atoms with Crippen LogP contribution in [0.1, 0.15) is 16.7 Å². The Morgan fingerprint density at radius 2 is 1.86 bits per heavy atom. The number of fused-ring (bicyclic) bond motifs is 1. The van der Waals surface area contributed by atoms with Gasteiger partial charge in [-0.25, -0.2) is 4.98 Å². The minimum Gasteiger partial charge on any atom is -0.294 e. The first-order chi connectivity index (χ1) is 13.3. The number of hydrogen-bond donors (Lipinski definition) is 0. The van der Waals surface area contributed by atoms with Gasteiger partial charge in [0.05, 0.1) is 24.0 Å². The van der Waals surface area contributed by atoms with Crippen LogP contribution >= 0.6 is 11.3 Å². The van der Waals surface area contributed by atoms with Gasteiger partial charge in [0.15, 0.2) is 0 Å². The Morgan fingerprint density at radius 3 is 2.57 bits per heavy atom. The van der Waals surface area contributed by atoms with Crippen LogP contribution in [-0.2, 0) is 12.7 Å². The summed E-state index contributed by atoms with van der Waals surface area (Å²) in [5.41, 5.74) is 3.01. The zero-order valence-electron chi connectivity index (χ0n) is 14.8. The molecule has 0 aliphatic heterocycles. The third kappa shape index (κ3) is 3.45. The van der Waals surface area contributed by atoms with Crippen LogP contribution in [-0.4, -0.2) is 9.55 Å². The number of aromatic nitrogens is 2. The Balaban J connectivity index is 1.72. The second-order valence-corrected chi connectivity index (χ2v) is 7.45. The fourth-order valence-electron chi connectivity index (χ4n) is 3.04. The number of benzene rings is 2. The molecule has 4 rings (SSSR count). The molecular formula is C21H15F3N2OS. The van der Waals surface area contributed by atoms with Crippen molar-refractivity contribution in [2.45, 2.75) is 19.6 Å². The average Bonchev–Trinajstić information content (AvgIpc) is 3.09. The normalized spacial score (nSPS) is 11.9. The van der Waals surface area contributed by atoms with E-state index in [1.165, 1.54) is 28.3 Å². The van der Waals surface area contributed by atoms with Crippen molar-refractivity contribution in [2.24, 2.45) is 0 Å². The van der Waals surface area contributed by atoms with Crippen molar-refractivity contribution in [3.63, 3.8) is 0 Å². The number of halogens is 3. The van der Waals surface area contributed by atoms with E-state index in [1.54, 1.807) is 6.07 Å². The maximum absolute atomic E-state index is 12.9. The van der Waals surface area contributed by atoms with Crippen molar-refractivity contribution >= 4 is 21.6 Å².